The summed E-state index contributed by atoms with van der Waals surface area (Å²) < 4.78 is 1.78. The summed E-state index contributed by atoms with van der Waals surface area (Å²) >= 11 is 0. The summed E-state index contributed by atoms with van der Waals surface area (Å²) in [7, 11) is 0. The van der Waals surface area contributed by atoms with Crippen molar-refractivity contribution in [2.75, 3.05) is 19.6 Å². The minimum absolute atomic E-state index is 0.541. The molecule has 1 aromatic rings. The smallest absolute Gasteiger partial charge is 0.148 e. The van der Waals surface area contributed by atoms with Crippen molar-refractivity contribution in [3.05, 3.63) is 5.82 Å². The summed E-state index contributed by atoms with van der Waals surface area (Å²) in [6.07, 6.45) is 1.52. The van der Waals surface area contributed by atoms with Crippen molar-refractivity contribution in [2.45, 2.75) is 51.4 Å². The molecular weight excluding hydrogens is 246 g/mol. The number of hydrogen-bond donors (Lipinski definition) is 2. The monoisotopic (exact) mass is 269 g/mol. The van der Waals surface area contributed by atoms with E-state index in [4.69, 9.17) is 0 Å². The van der Waals surface area contributed by atoms with E-state index in [-0.39, 0.29) is 0 Å². The lowest BCUT2D eigenvalue weighted by Gasteiger charge is -2.41. The highest BCUT2D eigenvalue weighted by Crippen LogP contribution is 2.25. The standard InChI is InChI=1S/C12H23N5O2/c1-3-12(19)5-8-16(9-11(12)18)6-4-7-17-10(2)13-14-15-17/h11,18-19H,3-9H2,1-2H3/t11-,12-/m1/s1. The molecule has 19 heavy (non-hydrogen) atoms. The Labute approximate surface area is 113 Å². The third-order valence-corrected chi connectivity index (χ3v) is 4.08. The van der Waals surface area contributed by atoms with Crippen molar-refractivity contribution >= 4 is 0 Å². The molecule has 0 amide bonds. The van der Waals surface area contributed by atoms with E-state index < -0.39 is 11.7 Å². The first-order chi connectivity index (χ1) is 9.05. The quantitative estimate of drug-likeness (QED) is 0.755. The van der Waals surface area contributed by atoms with Gasteiger partial charge in [0, 0.05) is 26.2 Å². The minimum Gasteiger partial charge on any atom is -0.389 e. The summed E-state index contributed by atoms with van der Waals surface area (Å²) in [6, 6.07) is 0. The summed E-state index contributed by atoms with van der Waals surface area (Å²) in [5.41, 5.74) is -0.900. The van der Waals surface area contributed by atoms with E-state index in [2.05, 4.69) is 20.4 Å². The van der Waals surface area contributed by atoms with Gasteiger partial charge in [-0.05, 0) is 36.6 Å². The molecule has 1 aromatic heterocycles. The number of aliphatic hydroxyl groups is 2. The topological polar surface area (TPSA) is 87.3 Å². The molecule has 108 valence electrons. The molecule has 2 atom stereocenters. The van der Waals surface area contributed by atoms with Crippen LogP contribution >= 0.6 is 0 Å². The summed E-state index contributed by atoms with van der Waals surface area (Å²) in [4.78, 5) is 2.19. The van der Waals surface area contributed by atoms with E-state index in [1.54, 1.807) is 4.68 Å². The number of aliphatic hydroxyl groups excluding tert-OH is 1. The minimum atomic E-state index is -0.900. The van der Waals surface area contributed by atoms with Gasteiger partial charge in [0.15, 0.2) is 0 Å². The van der Waals surface area contributed by atoms with Gasteiger partial charge in [0.25, 0.3) is 0 Å². The number of hydrogen-bond acceptors (Lipinski definition) is 6. The van der Waals surface area contributed by atoms with Crippen LogP contribution in [0.5, 0.6) is 0 Å². The Morgan fingerprint density at radius 3 is 2.79 bits per heavy atom. The van der Waals surface area contributed by atoms with Crippen molar-refractivity contribution in [1.82, 2.24) is 25.1 Å². The zero-order chi connectivity index (χ0) is 13.9. The Morgan fingerprint density at radius 1 is 1.42 bits per heavy atom. The molecule has 1 saturated heterocycles. The summed E-state index contributed by atoms with van der Waals surface area (Å²) in [5, 5.41) is 31.5. The average Bonchev–Trinajstić information content (AvgIpc) is 2.80. The average molecular weight is 269 g/mol. The maximum Gasteiger partial charge on any atom is 0.148 e. The second-order valence-corrected chi connectivity index (χ2v) is 5.33. The Kier molecular flexibility index (Phi) is 4.49. The fourth-order valence-corrected chi connectivity index (χ4v) is 2.54. The number of likely N-dealkylation sites (tertiary alicyclic amines) is 1. The Bertz CT molecular complexity index is 411. The van der Waals surface area contributed by atoms with Crippen LogP contribution in [0.25, 0.3) is 0 Å². The first kappa shape index (κ1) is 14.4. The lowest BCUT2D eigenvalue weighted by Crippen LogP contribution is -2.55. The SMILES string of the molecule is CC[C@@]1(O)CCN(CCCn2nnnc2C)C[C@H]1O. The van der Waals surface area contributed by atoms with Crippen molar-refractivity contribution in [1.29, 1.82) is 0 Å². The van der Waals surface area contributed by atoms with Crippen LogP contribution in [0, 0.1) is 6.92 Å². The predicted molar refractivity (Wildman–Crippen MR) is 69.5 cm³/mol. The van der Waals surface area contributed by atoms with Crippen molar-refractivity contribution in [3.8, 4) is 0 Å². The molecule has 2 N–H and O–H groups in total. The van der Waals surface area contributed by atoms with Crippen LogP contribution in [-0.2, 0) is 6.54 Å². The maximum absolute atomic E-state index is 10.2. The third kappa shape index (κ3) is 3.29. The Morgan fingerprint density at radius 2 is 2.21 bits per heavy atom. The molecule has 0 spiro atoms. The summed E-state index contributed by atoms with van der Waals surface area (Å²) in [5.74, 6) is 0.819. The molecular formula is C12H23N5O2. The van der Waals surface area contributed by atoms with Crippen LogP contribution in [0.4, 0.5) is 0 Å². The molecule has 2 heterocycles. The van der Waals surface area contributed by atoms with Gasteiger partial charge in [-0.15, -0.1) is 5.10 Å². The van der Waals surface area contributed by atoms with E-state index in [9.17, 15) is 10.2 Å². The van der Waals surface area contributed by atoms with Gasteiger partial charge in [0.1, 0.15) is 5.82 Å². The first-order valence-corrected chi connectivity index (χ1v) is 6.91. The zero-order valence-corrected chi connectivity index (χ0v) is 11.7. The molecule has 0 radical (unpaired) electrons. The van der Waals surface area contributed by atoms with Gasteiger partial charge in [-0.3, -0.25) is 0 Å². The molecule has 0 aromatic carbocycles. The van der Waals surface area contributed by atoms with Gasteiger partial charge in [0.05, 0.1) is 11.7 Å². The van der Waals surface area contributed by atoms with Crippen molar-refractivity contribution < 1.29 is 10.2 Å². The van der Waals surface area contributed by atoms with Gasteiger partial charge >= 0.3 is 0 Å². The van der Waals surface area contributed by atoms with Gasteiger partial charge in [-0.2, -0.15) is 0 Å². The van der Waals surface area contributed by atoms with E-state index >= 15 is 0 Å². The molecule has 0 unspecified atom stereocenters. The molecule has 1 aliphatic heterocycles. The summed E-state index contributed by atoms with van der Waals surface area (Å²) in [6.45, 7) is 6.83. The third-order valence-electron chi connectivity index (χ3n) is 4.08. The van der Waals surface area contributed by atoms with Gasteiger partial charge in [-0.1, -0.05) is 6.92 Å². The number of tetrazole rings is 1. The number of aromatic nitrogens is 4. The second kappa shape index (κ2) is 5.94. The fraction of sp³-hybridized carbons (Fsp3) is 0.917. The van der Waals surface area contributed by atoms with Crippen LogP contribution in [0.15, 0.2) is 0 Å². The van der Waals surface area contributed by atoms with Gasteiger partial charge in [-0.25, -0.2) is 4.68 Å². The van der Waals surface area contributed by atoms with E-state index in [1.165, 1.54) is 0 Å². The number of rotatable bonds is 5. The highest BCUT2D eigenvalue weighted by atomic mass is 16.3. The zero-order valence-electron chi connectivity index (χ0n) is 11.7. The Balaban J connectivity index is 1.75. The lowest BCUT2D eigenvalue weighted by atomic mass is 9.86. The van der Waals surface area contributed by atoms with Crippen LogP contribution in [0.1, 0.15) is 32.0 Å². The van der Waals surface area contributed by atoms with Gasteiger partial charge in [0.2, 0.25) is 0 Å². The highest BCUT2D eigenvalue weighted by molar-refractivity contribution is 4.92. The van der Waals surface area contributed by atoms with Crippen molar-refractivity contribution in [3.63, 3.8) is 0 Å². The molecule has 7 heteroatoms. The van der Waals surface area contributed by atoms with E-state index in [1.807, 2.05) is 13.8 Å². The molecule has 0 bridgehead atoms. The molecule has 1 fully saturated rings. The van der Waals surface area contributed by atoms with E-state index in [0.29, 0.717) is 19.4 Å². The lowest BCUT2D eigenvalue weighted by molar-refractivity contribution is -0.120. The van der Waals surface area contributed by atoms with Crippen molar-refractivity contribution in [2.24, 2.45) is 0 Å². The predicted octanol–water partition coefficient (Wildman–Crippen LogP) is -0.421. The van der Waals surface area contributed by atoms with Crippen LogP contribution < -0.4 is 0 Å². The second-order valence-electron chi connectivity index (χ2n) is 5.33. The molecule has 0 aliphatic carbocycles. The van der Waals surface area contributed by atoms with Gasteiger partial charge < -0.3 is 15.1 Å². The number of β-amino-alcohol motifs (C(OH)–C–C–N with tert-alkyl or cyclic N) is 1. The number of aryl methyl sites for hydroxylation is 2. The van der Waals surface area contributed by atoms with E-state index in [0.717, 1.165) is 31.9 Å². The van der Waals surface area contributed by atoms with Crippen LogP contribution in [-0.4, -0.2) is 66.7 Å². The largest absolute Gasteiger partial charge is 0.389 e. The highest BCUT2D eigenvalue weighted by Gasteiger charge is 2.38. The molecule has 0 saturated carbocycles. The fourth-order valence-electron chi connectivity index (χ4n) is 2.54. The van der Waals surface area contributed by atoms with Crippen LogP contribution in [0.3, 0.4) is 0 Å². The molecule has 1 aliphatic rings. The number of piperidine rings is 1. The normalized spacial score (nSPS) is 28.7. The first-order valence-electron chi connectivity index (χ1n) is 6.91. The molecule has 7 nitrogen and oxygen atoms in total. The maximum atomic E-state index is 10.2. The van der Waals surface area contributed by atoms with Crippen LogP contribution in [0.2, 0.25) is 0 Å². The number of nitrogens with zero attached hydrogens (tertiary/aromatic N) is 5. The Hall–Kier alpha value is -1.05. The molecule has 2 rings (SSSR count).